The molecular formula is C32H29N3O7. The molecule has 0 bridgehead atoms. The van der Waals surface area contributed by atoms with Crippen LogP contribution in [0.25, 0.3) is 0 Å². The fourth-order valence-electron chi connectivity index (χ4n) is 3.91. The van der Waals surface area contributed by atoms with Crippen molar-refractivity contribution >= 4 is 29.7 Å². The molecule has 0 saturated heterocycles. The molecule has 42 heavy (non-hydrogen) atoms. The maximum atomic E-state index is 13.0. The molecule has 0 saturated carbocycles. The molecule has 214 valence electrons. The Kier molecular flexibility index (Phi) is 9.52. The van der Waals surface area contributed by atoms with Gasteiger partial charge in [-0.2, -0.15) is 5.10 Å². The minimum Gasteiger partial charge on any atom is -0.493 e. The number of ether oxygens (including phenoxy) is 4. The van der Waals surface area contributed by atoms with Crippen LogP contribution in [-0.4, -0.2) is 45.3 Å². The molecule has 0 aliphatic carbocycles. The van der Waals surface area contributed by atoms with E-state index in [4.69, 9.17) is 18.9 Å². The van der Waals surface area contributed by atoms with Gasteiger partial charge in [0.15, 0.2) is 11.5 Å². The van der Waals surface area contributed by atoms with Gasteiger partial charge in [0, 0.05) is 22.4 Å². The van der Waals surface area contributed by atoms with Gasteiger partial charge in [0.05, 0.1) is 33.1 Å². The Labute approximate surface area is 242 Å². The van der Waals surface area contributed by atoms with E-state index in [1.807, 2.05) is 19.1 Å². The number of rotatable bonds is 10. The molecule has 0 unspecified atom stereocenters. The first-order chi connectivity index (χ1) is 20.3. The Balaban J connectivity index is 1.42. The number of hydrogen-bond acceptors (Lipinski definition) is 8. The van der Waals surface area contributed by atoms with Crippen molar-refractivity contribution in [2.75, 3.05) is 26.6 Å². The van der Waals surface area contributed by atoms with Gasteiger partial charge in [-0.25, -0.2) is 10.2 Å². The molecule has 0 radical (unpaired) electrons. The molecule has 2 amide bonds. The van der Waals surface area contributed by atoms with Crippen LogP contribution in [0.4, 0.5) is 5.69 Å². The summed E-state index contributed by atoms with van der Waals surface area (Å²) in [5, 5.41) is 6.78. The predicted octanol–water partition coefficient (Wildman–Crippen LogP) is 5.26. The standard InChI is InChI=1S/C32H29N3O7/c1-20-12-14-21(15-13-20)32(38)42-26-11-6-5-8-23(26)19-33-35-31(37)22-9-7-10-25(16-22)34-30(36)24-17-27(39-2)29(41-4)28(18-24)40-3/h5-19H,1-4H3,(H,34,36)(H,35,37). The van der Waals surface area contributed by atoms with Gasteiger partial charge in [-0.3, -0.25) is 9.59 Å². The van der Waals surface area contributed by atoms with Gasteiger partial charge in [0.2, 0.25) is 5.75 Å². The topological polar surface area (TPSA) is 125 Å². The van der Waals surface area contributed by atoms with E-state index in [2.05, 4.69) is 15.8 Å². The second-order valence-electron chi connectivity index (χ2n) is 8.94. The minimum atomic E-state index is -0.510. The first-order valence-corrected chi connectivity index (χ1v) is 12.8. The third-order valence-corrected chi connectivity index (χ3v) is 6.09. The van der Waals surface area contributed by atoms with Crippen LogP contribution < -0.4 is 29.7 Å². The number of carbonyl (C=O) groups excluding carboxylic acids is 3. The maximum Gasteiger partial charge on any atom is 0.343 e. The lowest BCUT2D eigenvalue weighted by Crippen LogP contribution is -2.18. The van der Waals surface area contributed by atoms with Crippen molar-refractivity contribution in [3.05, 3.63) is 113 Å². The van der Waals surface area contributed by atoms with Crippen LogP contribution in [0.2, 0.25) is 0 Å². The summed E-state index contributed by atoms with van der Waals surface area (Å²) in [6.07, 6.45) is 1.38. The van der Waals surface area contributed by atoms with Crippen molar-refractivity contribution in [2.45, 2.75) is 6.92 Å². The number of amides is 2. The largest absolute Gasteiger partial charge is 0.493 e. The fourth-order valence-corrected chi connectivity index (χ4v) is 3.91. The Morgan fingerprint density at radius 3 is 2.05 bits per heavy atom. The van der Waals surface area contributed by atoms with Gasteiger partial charge < -0.3 is 24.3 Å². The summed E-state index contributed by atoms with van der Waals surface area (Å²) in [5.74, 6) is -0.143. The quantitative estimate of drug-likeness (QED) is 0.116. The van der Waals surface area contributed by atoms with Crippen molar-refractivity contribution in [3.8, 4) is 23.0 Å². The van der Waals surface area contributed by atoms with Crippen LogP contribution >= 0.6 is 0 Å². The molecule has 0 aliphatic rings. The lowest BCUT2D eigenvalue weighted by Gasteiger charge is -2.14. The van der Waals surface area contributed by atoms with Gasteiger partial charge in [0.25, 0.3) is 11.8 Å². The highest BCUT2D eigenvalue weighted by atomic mass is 16.5. The number of esters is 1. The lowest BCUT2D eigenvalue weighted by molar-refractivity contribution is 0.0734. The summed E-state index contributed by atoms with van der Waals surface area (Å²) < 4.78 is 21.5. The van der Waals surface area contributed by atoms with Crippen molar-refractivity contribution < 1.29 is 33.3 Å². The number of anilines is 1. The zero-order chi connectivity index (χ0) is 30.1. The molecule has 0 heterocycles. The summed E-state index contributed by atoms with van der Waals surface area (Å²) in [4.78, 5) is 38.3. The molecule has 10 heteroatoms. The number of hydrogen-bond donors (Lipinski definition) is 2. The first-order valence-electron chi connectivity index (χ1n) is 12.8. The molecule has 4 rings (SSSR count). The molecule has 2 N–H and O–H groups in total. The number of methoxy groups -OCH3 is 3. The number of nitrogens with one attached hydrogen (secondary N) is 2. The third kappa shape index (κ3) is 7.11. The summed E-state index contributed by atoms with van der Waals surface area (Å²) in [6, 6.07) is 23.3. The van der Waals surface area contributed by atoms with Crippen LogP contribution in [0, 0.1) is 6.92 Å². The van der Waals surface area contributed by atoms with E-state index in [-0.39, 0.29) is 16.9 Å². The van der Waals surface area contributed by atoms with Gasteiger partial charge >= 0.3 is 5.97 Å². The lowest BCUT2D eigenvalue weighted by atomic mass is 10.1. The monoisotopic (exact) mass is 567 g/mol. The minimum absolute atomic E-state index is 0.258. The van der Waals surface area contributed by atoms with E-state index in [9.17, 15) is 14.4 Å². The number of para-hydroxylation sites is 1. The first kappa shape index (κ1) is 29.3. The molecule has 0 fully saturated rings. The Bertz CT molecular complexity index is 1610. The van der Waals surface area contributed by atoms with Crippen molar-refractivity contribution in [2.24, 2.45) is 5.10 Å². The number of nitrogens with zero attached hydrogens (tertiary/aromatic N) is 1. The van der Waals surface area contributed by atoms with Crippen LogP contribution in [0.15, 0.2) is 90.0 Å². The molecule has 4 aromatic carbocycles. The van der Waals surface area contributed by atoms with Crippen molar-refractivity contribution in [1.82, 2.24) is 5.43 Å². The molecule has 10 nitrogen and oxygen atoms in total. The van der Waals surface area contributed by atoms with Gasteiger partial charge in [-0.1, -0.05) is 35.9 Å². The van der Waals surface area contributed by atoms with E-state index in [1.54, 1.807) is 54.6 Å². The maximum absolute atomic E-state index is 13.0. The summed E-state index contributed by atoms with van der Waals surface area (Å²) >= 11 is 0. The SMILES string of the molecule is COc1cc(C(=O)Nc2cccc(C(=O)NN=Cc3ccccc3OC(=O)c3ccc(C)cc3)c2)cc(OC)c1OC. The van der Waals surface area contributed by atoms with Crippen LogP contribution in [0.3, 0.4) is 0 Å². The number of benzene rings is 4. The summed E-state index contributed by atoms with van der Waals surface area (Å²) in [7, 11) is 4.39. The average Bonchev–Trinajstić information content (AvgIpc) is 3.01. The second-order valence-corrected chi connectivity index (χ2v) is 8.94. The highest BCUT2D eigenvalue weighted by Crippen LogP contribution is 2.38. The molecule has 0 atom stereocenters. The van der Waals surface area contributed by atoms with E-state index in [0.717, 1.165) is 5.56 Å². The van der Waals surface area contributed by atoms with Crippen LogP contribution in [0.5, 0.6) is 23.0 Å². The normalized spacial score (nSPS) is 10.6. The van der Waals surface area contributed by atoms with E-state index >= 15 is 0 Å². The van der Waals surface area contributed by atoms with Gasteiger partial charge in [0.1, 0.15) is 5.75 Å². The van der Waals surface area contributed by atoms with Gasteiger partial charge in [-0.15, -0.1) is 0 Å². The summed E-state index contributed by atoms with van der Waals surface area (Å²) in [5.41, 5.74) is 5.30. The van der Waals surface area contributed by atoms with E-state index < -0.39 is 17.8 Å². The van der Waals surface area contributed by atoms with E-state index in [1.165, 1.54) is 45.7 Å². The molecule has 4 aromatic rings. The molecular weight excluding hydrogens is 538 g/mol. The van der Waals surface area contributed by atoms with Gasteiger partial charge in [-0.05, 0) is 61.5 Å². The van der Waals surface area contributed by atoms with Crippen molar-refractivity contribution in [3.63, 3.8) is 0 Å². The number of aryl methyl sites for hydroxylation is 1. The molecule has 0 aliphatic heterocycles. The molecule has 0 spiro atoms. The van der Waals surface area contributed by atoms with Crippen LogP contribution in [-0.2, 0) is 0 Å². The Hall–Kier alpha value is -5.64. The third-order valence-electron chi connectivity index (χ3n) is 6.09. The Morgan fingerprint density at radius 1 is 0.690 bits per heavy atom. The Morgan fingerprint density at radius 2 is 1.38 bits per heavy atom. The highest BCUT2D eigenvalue weighted by Gasteiger charge is 2.18. The number of carbonyl (C=O) groups is 3. The second kappa shape index (κ2) is 13.6. The zero-order valence-corrected chi connectivity index (χ0v) is 23.5. The highest BCUT2D eigenvalue weighted by molar-refractivity contribution is 6.06. The van der Waals surface area contributed by atoms with E-state index in [0.29, 0.717) is 34.1 Å². The average molecular weight is 568 g/mol. The smallest absolute Gasteiger partial charge is 0.343 e. The van der Waals surface area contributed by atoms with Crippen molar-refractivity contribution in [1.29, 1.82) is 0 Å². The zero-order valence-electron chi connectivity index (χ0n) is 23.5. The summed E-state index contributed by atoms with van der Waals surface area (Å²) in [6.45, 7) is 1.93. The van der Waals surface area contributed by atoms with Crippen LogP contribution in [0.1, 0.15) is 42.2 Å². The fraction of sp³-hybridized carbons (Fsp3) is 0.125. The molecule has 0 aromatic heterocycles. The predicted molar refractivity (Wildman–Crippen MR) is 158 cm³/mol. The number of hydrazone groups is 1.